The van der Waals surface area contributed by atoms with E-state index < -0.39 is 60.3 Å². The third-order valence-electron chi connectivity index (χ3n) is 7.71. The Bertz CT molecular complexity index is 1220. The molecule has 2 heterocycles. The van der Waals surface area contributed by atoms with Crippen molar-refractivity contribution in [3.63, 3.8) is 0 Å². The van der Waals surface area contributed by atoms with Crippen LogP contribution in [-0.4, -0.2) is 96.6 Å². The minimum atomic E-state index is -1.29. The van der Waals surface area contributed by atoms with E-state index in [1.165, 1.54) is 11.3 Å². The molecule has 1 fully saturated rings. The average molecular weight is 713 g/mol. The van der Waals surface area contributed by atoms with Crippen molar-refractivity contribution in [2.24, 2.45) is 23.7 Å². The number of rotatable bonds is 19. The molecule has 1 aromatic heterocycles. The lowest BCUT2D eigenvalue weighted by Gasteiger charge is -2.30. The van der Waals surface area contributed by atoms with Gasteiger partial charge in [0.25, 0.3) is 0 Å². The minimum absolute atomic E-state index is 0.0106. The van der Waals surface area contributed by atoms with Gasteiger partial charge in [0, 0.05) is 30.0 Å². The molecule has 49 heavy (non-hydrogen) atoms. The summed E-state index contributed by atoms with van der Waals surface area (Å²) in [5.41, 5.74) is 0.782. The number of hydrogen-bond donors (Lipinski definition) is 6. The Morgan fingerprint density at radius 3 is 2.20 bits per heavy atom. The first-order chi connectivity index (χ1) is 23.0. The van der Waals surface area contributed by atoms with Gasteiger partial charge in [-0.2, -0.15) is 0 Å². The topological polar surface area (TPSA) is 206 Å². The molecule has 6 atom stereocenters. The molecule has 0 spiro atoms. The molecule has 16 heteroatoms. The molecule has 0 bridgehead atoms. The molecule has 278 valence electrons. The van der Waals surface area contributed by atoms with Crippen molar-refractivity contribution in [2.45, 2.75) is 112 Å². The molecule has 0 unspecified atom stereocenters. The highest BCUT2D eigenvalue weighted by atomic mass is 32.1. The van der Waals surface area contributed by atoms with Gasteiger partial charge in [-0.05, 0) is 37.5 Å². The summed E-state index contributed by atoms with van der Waals surface area (Å²) in [5, 5.41) is 27.1. The van der Waals surface area contributed by atoms with Crippen LogP contribution in [0.5, 0.6) is 0 Å². The van der Waals surface area contributed by atoms with Crippen LogP contribution in [0.15, 0.2) is 5.38 Å². The number of aryl methyl sites for hydroxylation is 1. The van der Waals surface area contributed by atoms with E-state index in [1.807, 2.05) is 53.8 Å². The molecule has 1 aliphatic heterocycles. The van der Waals surface area contributed by atoms with Gasteiger partial charge in [0.1, 0.15) is 29.8 Å². The third kappa shape index (κ3) is 15.7. The quantitative estimate of drug-likeness (QED) is 0.124. The smallest absolute Gasteiger partial charge is 0.408 e. The van der Waals surface area contributed by atoms with E-state index in [2.05, 4.69) is 31.6 Å². The summed E-state index contributed by atoms with van der Waals surface area (Å²) >= 11 is 1.32. The van der Waals surface area contributed by atoms with Gasteiger partial charge in [0.05, 0.1) is 31.9 Å². The Morgan fingerprint density at radius 2 is 1.63 bits per heavy atom. The lowest BCUT2D eigenvalue weighted by molar-refractivity contribution is -0.132. The van der Waals surface area contributed by atoms with E-state index in [4.69, 9.17) is 14.2 Å². The fraction of sp³-hybridized carbons (Fsp3) is 0.758. The molecule has 0 radical (unpaired) electrons. The highest BCUT2D eigenvalue weighted by molar-refractivity contribution is 7.09. The number of nitrogens with one attached hydrogen (secondary N) is 5. The third-order valence-corrected chi connectivity index (χ3v) is 8.65. The van der Waals surface area contributed by atoms with Crippen LogP contribution in [0.1, 0.15) is 78.4 Å². The van der Waals surface area contributed by atoms with Gasteiger partial charge >= 0.3 is 12.2 Å². The first kappa shape index (κ1) is 41.7. The van der Waals surface area contributed by atoms with Gasteiger partial charge in [-0.15, -0.1) is 11.3 Å². The van der Waals surface area contributed by atoms with Gasteiger partial charge in [-0.3, -0.25) is 14.4 Å². The van der Waals surface area contributed by atoms with Crippen LogP contribution in [-0.2, 0) is 35.2 Å². The van der Waals surface area contributed by atoms with E-state index in [0.717, 1.165) is 5.69 Å². The molecular weight excluding hydrogens is 656 g/mol. The van der Waals surface area contributed by atoms with E-state index in [9.17, 15) is 29.1 Å². The Balaban J connectivity index is 2.09. The highest BCUT2D eigenvalue weighted by Crippen LogP contribution is 2.17. The predicted molar refractivity (Wildman–Crippen MR) is 183 cm³/mol. The maximum atomic E-state index is 13.6. The van der Waals surface area contributed by atoms with Crippen LogP contribution >= 0.6 is 11.3 Å². The fourth-order valence-electron chi connectivity index (χ4n) is 4.96. The molecule has 2 rings (SSSR count). The van der Waals surface area contributed by atoms with Gasteiger partial charge in [0.15, 0.2) is 0 Å². The predicted octanol–water partition coefficient (Wildman–Crippen LogP) is 2.39. The molecule has 0 aromatic carbocycles. The zero-order valence-corrected chi connectivity index (χ0v) is 30.8. The number of thiazole rings is 1. The molecule has 0 saturated carbocycles. The zero-order valence-electron chi connectivity index (χ0n) is 30.0. The molecule has 1 aromatic rings. The Kier molecular flexibility index (Phi) is 17.8. The molecule has 1 aliphatic rings. The SMILES string of the molecule is Cc1csc(COC(=O)N[C@@H](CNC(=O)O[C@H]2CCOC2)C(=O)N[C@@H](CC(C)C)[C@@H](O)C[C@@H](C)C(=O)N[C@H](C(=O)NCC(C)C)C(C)C)n1. The number of carbonyl (C=O) groups is 5. The van der Waals surface area contributed by atoms with E-state index >= 15 is 0 Å². The summed E-state index contributed by atoms with van der Waals surface area (Å²) in [5.74, 6) is -1.94. The molecule has 6 N–H and O–H groups in total. The van der Waals surface area contributed by atoms with Gasteiger partial charge < -0.3 is 45.9 Å². The second-order valence-corrected chi connectivity index (χ2v) is 14.7. The van der Waals surface area contributed by atoms with E-state index in [1.54, 1.807) is 6.92 Å². The highest BCUT2D eigenvalue weighted by Gasteiger charge is 2.32. The van der Waals surface area contributed by atoms with Crippen molar-refractivity contribution in [3.05, 3.63) is 16.1 Å². The summed E-state index contributed by atoms with van der Waals surface area (Å²) in [6.07, 6.45) is -2.36. The number of hydrogen-bond acceptors (Lipinski definition) is 11. The normalized spacial score (nSPS) is 17.5. The number of aliphatic hydroxyl groups is 1. The number of amides is 5. The van der Waals surface area contributed by atoms with Crippen molar-refractivity contribution >= 4 is 41.2 Å². The lowest BCUT2D eigenvalue weighted by atomic mass is 9.91. The van der Waals surface area contributed by atoms with Crippen molar-refractivity contribution in [3.8, 4) is 0 Å². The van der Waals surface area contributed by atoms with Gasteiger partial charge in [0.2, 0.25) is 17.7 Å². The van der Waals surface area contributed by atoms with Gasteiger partial charge in [-0.25, -0.2) is 14.6 Å². The molecule has 0 aliphatic carbocycles. The average Bonchev–Trinajstić information content (AvgIpc) is 3.69. The summed E-state index contributed by atoms with van der Waals surface area (Å²) in [6, 6.07) is -2.85. The van der Waals surface area contributed by atoms with Gasteiger partial charge in [-0.1, -0.05) is 48.5 Å². The second-order valence-electron chi connectivity index (χ2n) is 13.7. The van der Waals surface area contributed by atoms with Crippen molar-refractivity contribution < 1.29 is 43.3 Å². The number of nitrogens with zero attached hydrogens (tertiary/aromatic N) is 1. The number of alkyl carbamates (subject to hydrolysis) is 2. The van der Waals surface area contributed by atoms with Crippen molar-refractivity contribution in [2.75, 3.05) is 26.3 Å². The van der Waals surface area contributed by atoms with Crippen molar-refractivity contribution in [1.82, 2.24) is 31.6 Å². The summed E-state index contributed by atoms with van der Waals surface area (Å²) in [4.78, 5) is 68.9. The standard InChI is InChI=1S/C33H56N6O9S/c1-18(2)11-24(26(40)12-21(7)29(41)39-28(20(5)6)31(43)34-13-19(3)4)37-30(42)25(14-35-32(44)48-23-9-10-46-15-23)38-33(45)47-16-27-36-22(8)17-49-27/h17-21,23-26,28,40H,9-16H2,1-8H3,(H,34,43)(H,35,44)(H,37,42)(H,38,45)(H,39,41)/t21-,23+,24+,25+,26+,28+/m1/s1. The monoisotopic (exact) mass is 712 g/mol. The lowest BCUT2D eigenvalue weighted by Crippen LogP contribution is -2.57. The number of aliphatic hydroxyl groups excluding tert-OH is 1. The van der Waals surface area contributed by atoms with Crippen molar-refractivity contribution in [1.29, 1.82) is 0 Å². The molecule has 1 saturated heterocycles. The Morgan fingerprint density at radius 1 is 0.918 bits per heavy atom. The van der Waals surface area contributed by atoms with Crippen LogP contribution in [0.2, 0.25) is 0 Å². The minimum Gasteiger partial charge on any atom is -0.444 e. The van der Waals surface area contributed by atoms with Crippen LogP contribution in [0.3, 0.4) is 0 Å². The van der Waals surface area contributed by atoms with E-state index in [0.29, 0.717) is 31.0 Å². The Labute approximate surface area is 293 Å². The fourth-order valence-corrected chi connectivity index (χ4v) is 5.64. The summed E-state index contributed by atoms with van der Waals surface area (Å²) in [6.45, 7) is 15.7. The number of ether oxygens (including phenoxy) is 3. The van der Waals surface area contributed by atoms with Crippen LogP contribution < -0.4 is 26.6 Å². The maximum Gasteiger partial charge on any atom is 0.408 e. The second kappa shape index (κ2) is 20.9. The number of carbonyl (C=O) groups excluding carboxylic acids is 5. The molecular formula is C33H56N6O9S. The largest absolute Gasteiger partial charge is 0.444 e. The van der Waals surface area contributed by atoms with Crippen LogP contribution in [0.25, 0.3) is 0 Å². The van der Waals surface area contributed by atoms with Crippen LogP contribution in [0.4, 0.5) is 9.59 Å². The summed E-state index contributed by atoms with van der Waals surface area (Å²) < 4.78 is 15.8. The summed E-state index contributed by atoms with van der Waals surface area (Å²) in [7, 11) is 0. The molecule has 5 amide bonds. The number of aromatic nitrogens is 1. The molecule has 15 nitrogen and oxygen atoms in total. The Hall–Kier alpha value is -3.50. The van der Waals surface area contributed by atoms with Crippen LogP contribution in [0, 0.1) is 30.6 Å². The zero-order chi connectivity index (χ0) is 36.7. The first-order valence-electron chi connectivity index (χ1n) is 17.0. The first-order valence-corrected chi connectivity index (χ1v) is 17.9. The maximum absolute atomic E-state index is 13.6. The van der Waals surface area contributed by atoms with E-state index in [-0.39, 0.29) is 49.8 Å².